The Morgan fingerprint density at radius 2 is 0.931 bits per heavy atom. The lowest BCUT2D eigenvalue weighted by molar-refractivity contribution is -0.144. The van der Waals surface area contributed by atoms with Crippen LogP contribution in [0.1, 0.15) is 90.4 Å². The summed E-state index contributed by atoms with van der Waals surface area (Å²) < 4.78 is 73.0. The number of hydrogen-bond donors (Lipinski definition) is 4. The first kappa shape index (κ1) is 56.0. The zero-order valence-corrected chi connectivity index (χ0v) is 42.4. The summed E-state index contributed by atoms with van der Waals surface area (Å²) in [4.78, 5) is 45.7. The van der Waals surface area contributed by atoms with Crippen molar-refractivity contribution < 1.29 is 85.4 Å². The van der Waals surface area contributed by atoms with E-state index in [4.69, 9.17) is 66.8 Å². The average Bonchev–Trinajstić information content (AvgIpc) is 3.82. The number of carbonyl (C=O) groups is 4. The Bertz CT molecular complexity index is 2370. The fourth-order valence-electron chi connectivity index (χ4n) is 8.19. The zero-order chi connectivity index (χ0) is 51.0. The molecule has 6 aliphatic rings. The molecule has 6 atom stereocenters. The van der Waals surface area contributed by atoms with E-state index in [1.165, 1.54) is 13.8 Å². The molecule has 2 amide bonds. The molecule has 0 saturated heterocycles. The van der Waals surface area contributed by atoms with Crippen LogP contribution in [0.5, 0.6) is 17.2 Å². The standard InChI is InChI=1S/C18H24BNO7.C16H22BNO6.C13H16BNO5.ClH/c1-11(21)23-9-12-10-24-14-7-5-6-13-15(27-19(26-12)16(13)14)8-20-17(22)25-18(2,3)4;1-16(2,3)22-15(20)18-7-13-11-5-4-6-12-14(11)17(24-13)23-10(8-19)9-21-12;1-8(16)17-6-9-7-18-11-4-2-3-10-12(5-15)20-14(19-9)13(10)11;/h5-7,12,15H,8-10H2,1-4H3,(H,20,22);4-6,10,13,19H,7-9H2,1-3H3,(H,18,20);2-4,9,12H,5-7,15H2,1H3;1H/t12-,15?;10-,13?;9-,12?;/m111./s1. The van der Waals surface area contributed by atoms with Gasteiger partial charge in [0, 0.05) is 49.9 Å². The van der Waals surface area contributed by atoms with Crippen molar-refractivity contribution in [1.82, 2.24) is 10.6 Å². The summed E-state index contributed by atoms with van der Waals surface area (Å²) in [5.41, 5.74) is 9.92. The second-order valence-corrected chi connectivity index (χ2v) is 19.1. The van der Waals surface area contributed by atoms with Crippen molar-refractivity contribution in [3.63, 3.8) is 0 Å². The Morgan fingerprint density at radius 3 is 1.28 bits per heavy atom. The van der Waals surface area contributed by atoms with Crippen LogP contribution in [-0.2, 0) is 56.5 Å². The molecular weight excluding hydrogens is 962 g/mol. The van der Waals surface area contributed by atoms with Crippen LogP contribution >= 0.6 is 12.4 Å². The maximum atomic E-state index is 11.9. The second-order valence-electron chi connectivity index (χ2n) is 19.1. The number of carbonyl (C=O) groups excluding carboxylic acids is 4. The third-order valence-corrected chi connectivity index (χ3v) is 11.2. The smallest absolute Gasteiger partial charge is 0.491 e. The Morgan fingerprint density at radius 1 is 0.583 bits per heavy atom. The van der Waals surface area contributed by atoms with Gasteiger partial charge in [-0.2, -0.15) is 0 Å². The molecule has 21 nitrogen and oxygen atoms in total. The Balaban J connectivity index is 0.000000177. The summed E-state index contributed by atoms with van der Waals surface area (Å²) in [6.07, 6.45) is -3.21. The predicted molar refractivity (Wildman–Crippen MR) is 263 cm³/mol. The highest BCUT2D eigenvalue weighted by atomic mass is 35.5. The molecule has 72 heavy (non-hydrogen) atoms. The molecule has 3 aromatic carbocycles. The molecule has 0 radical (unpaired) electrons. The lowest BCUT2D eigenvalue weighted by atomic mass is 9.77. The first-order chi connectivity index (χ1) is 33.8. The van der Waals surface area contributed by atoms with Gasteiger partial charge in [-0.15, -0.1) is 12.4 Å². The molecule has 9 rings (SSSR count). The average molecular weight is 1030 g/mol. The minimum atomic E-state index is -0.648. The van der Waals surface area contributed by atoms with Crippen molar-refractivity contribution in [3.05, 3.63) is 71.3 Å². The van der Waals surface area contributed by atoms with Gasteiger partial charge in [0.25, 0.3) is 0 Å². The maximum Gasteiger partial charge on any atom is 0.499 e. The minimum absolute atomic E-state index is 0. The van der Waals surface area contributed by atoms with Crippen molar-refractivity contribution in [2.24, 2.45) is 5.73 Å². The van der Waals surface area contributed by atoms with Crippen LogP contribution in [0.4, 0.5) is 9.59 Å². The lowest BCUT2D eigenvalue weighted by Gasteiger charge is -2.22. The summed E-state index contributed by atoms with van der Waals surface area (Å²) >= 11 is 0. The summed E-state index contributed by atoms with van der Waals surface area (Å²) in [5.74, 6) is 1.38. The highest BCUT2D eigenvalue weighted by Gasteiger charge is 2.46. The van der Waals surface area contributed by atoms with Gasteiger partial charge in [0.1, 0.15) is 79.8 Å². The van der Waals surface area contributed by atoms with Crippen LogP contribution in [-0.4, -0.2) is 139 Å². The number of amides is 2. The van der Waals surface area contributed by atoms with Crippen molar-refractivity contribution in [2.75, 3.05) is 59.3 Å². The summed E-state index contributed by atoms with van der Waals surface area (Å²) in [6.45, 7) is 15.3. The van der Waals surface area contributed by atoms with Crippen LogP contribution in [0.15, 0.2) is 54.6 Å². The Hall–Kier alpha value is -5.30. The van der Waals surface area contributed by atoms with Crippen LogP contribution in [0.25, 0.3) is 0 Å². The molecule has 3 unspecified atom stereocenters. The minimum Gasteiger partial charge on any atom is -0.491 e. The van der Waals surface area contributed by atoms with E-state index in [1.54, 1.807) is 20.8 Å². The van der Waals surface area contributed by atoms with E-state index in [0.29, 0.717) is 24.7 Å². The molecule has 0 aliphatic carbocycles. The molecule has 6 aliphatic heterocycles. The number of aliphatic hydroxyl groups excluding tert-OH is 1. The molecular formula is C47H63B3ClN3O18. The van der Waals surface area contributed by atoms with E-state index in [9.17, 15) is 24.3 Å². The van der Waals surface area contributed by atoms with Crippen molar-refractivity contribution in [2.45, 2.75) is 103 Å². The second kappa shape index (κ2) is 24.6. The monoisotopic (exact) mass is 1030 g/mol. The zero-order valence-electron chi connectivity index (χ0n) is 41.6. The maximum absolute atomic E-state index is 11.9. The number of benzene rings is 3. The van der Waals surface area contributed by atoms with Gasteiger partial charge >= 0.3 is 45.5 Å². The summed E-state index contributed by atoms with van der Waals surface area (Å²) in [7, 11) is -1.77. The number of nitrogens with one attached hydrogen (secondary N) is 2. The van der Waals surface area contributed by atoms with Crippen LogP contribution < -0.4 is 47.0 Å². The molecule has 0 aromatic heterocycles. The first-order valence-corrected chi connectivity index (χ1v) is 23.5. The molecule has 3 aromatic rings. The van der Waals surface area contributed by atoms with Gasteiger partial charge in [-0.05, 0) is 76.4 Å². The molecule has 390 valence electrons. The number of nitrogens with two attached hydrogens (primary N) is 1. The number of aliphatic hydroxyl groups is 1. The van der Waals surface area contributed by atoms with E-state index < -0.39 is 63.1 Å². The number of esters is 2. The fourth-order valence-corrected chi connectivity index (χ4v) is 8.19. The molecule has 6 heterocycles. The molecule has 0 fully saturated rings. The number of rotatable bonds is 10. The predicted octanol–water partition coefficient (Wildman–Crippen LogP) is 2.24. The number of ether oxygens (including phenoxy) is 7. The van der Waals surface area contributed by atoms with Gasteiger partial charge in [-0.3, -0.25) is 9.59 Å². The van der Waals surface area contributed by atoms with E-state index >= 15 is 0 Å². The fraction of sp³-hybridized carbons (Fsp3) is 0.532. The van der Waals surface area contributed by atoms with E-state index in [0.717, 1.165) is 38.8 Å². The summed E-state index contributed by atoms with van der Waals surface area (Å²) in [5, 5.41) is 14.8. The van der Waals surface area contributed by atoms with Gasteiger partial charge in [0.15, 0.2) is 0 Å². The normalized spacial score (nSPS) is 21.9. The van der Waals surface area contributed by atoms with E-state index in [2.05, 4.69) is 10.6 Å². The highest BCUT2D eigenvalue weighted by molar-refractivity contribution is 6.65. The molecule has 5 N–H and O–H groups in total. The summed E-state index contributed by atoms with van der Waals surface area (Å²) in [6, 6.07) is 17.0. The van der Waals surface area contributed by atoms with Gasteiger partial charge < -0.3 is 82.6 Å². The molecule has 0 saturated carbocycles. The van der Waals surface area contributed by atoms with Crippen molar-refractivity contribution in [1.29, 1.82) is 0 Å². The number of hydrogen-bond acceptors (Lipinski definition) is 19. The molecule has 0 bridgehead atoms. The quantitative estimate of drug-likeness (QED) is 0.129. The Kier molecular flexibility index (Phi) is 19.2. The SMILES string of the molecule is CC(=O)OC[C@@H]1COc2cccc3c2B(OC3CN)O1.CC(=O)OC[C@@H]1COc2cccc3c2B(OC3CNC(=O)OC(C)(C)C)O1.CC(C)(C)OC(=O)NCC1OB2O[C@H](CO)COc3cccc1c32.Cl. The third-order valence-electron chi connectivity index (χ3n) is 11.2. The molecule has 25 heteroatoms. The number of halogens is 1. The van der Waals surface area contributed by atoms with Gasteiger partial charge in [0.05, 0.1) is 24.9 Å². The highest BCUT2D eigenvalue weighted by Crippen LogP contribution is 2.33. The van der Waals surface area contributed by atoms with Crippen molar-refractivity contribution >= 4 is 74.3 Å². The lowest BCUT2D eigenvalue weighted by Crippen LogP contribution is -2.38. The van der Waals surface area contributed by atoms with Crippen LogP contribution in [0.3, 0.4) is 0 Å². The van der Waals surface area contributed by atoms with Gasteiger partial charge in [-0.1, -0.05) is 36.4 Å². The molecule has 0 spiro atoms. The first-order valence-electron chi connectivity index (χ1n) is 23.5. The van der Waals surface area contributed by atoms with Gasteiger partial charge in [0.2, 0.25) is 0 Å². The van der Waals surface area contributed by atoms with Crippen LogP contribution in [0.2, 0.25) is 0 Å². The van der Waals surface area contributed by atoms with Gasteiger partial charge in [-0.25, -0.2) is 9.59 Å². The Labute approximate surface area is 425 Å². The van der Waals surface area contributed by atoms with Crippen molar-refractivity contribution in [3.8, 4) is 17.2 Å². The topological polar surface area (TPSA) is 259 Å². The third kappa shape index (κ3) is 14.7. The van der Waals surface area contributed by atoms with E-state index in [-0.39, 0.29) is 88.8 Å². The van der Waals surface area contributed by atoms with E-state index in [1.807, 2.05) is 75.4 Å². The number of alkyl carbamates (subject to hydrolysis) is 2. The van der Waals surface area contributed by atoms with Crippen LogP contribution in [0, 0.1) is 0 Å². The largest absolute Gasteiger partial charge is 0.499 e.